The van der Waals surface area contributed by atoms with Crippen LogP contribution >= 0.6 is 23.2 Å². The molecule has 0 bridgehead atoms. The van der Waals surface area contributed by atoms with Gasteiger partial charge in [0, 0.05) is 6.08 Å². The molecule has 0 unspecified atom stereocenters. The van der Waals surface area contributed by atoms with E-state index in [0.29, 0.717) is 5.02 Å². The molecule has 0 aliphatic heterocycles. The first kappa shape index (κ1) is 13.7. The molecule has 0 heterocycles. The molecule has 0 amide bonds. The van der Waals surface area contributed by atoms with E-state index in [9.17, 15) is 4.79 Å². The van der Waals surface area contributed by atoms with Crippen molar-refractivity contribution in [3.05, 3.63) is 70.2 Å². The van der Waals surface area contributed by atoms with Crippen LogP contribution < -0.4 is 4.74 Å². The molecule has 0 aliphatic rings. The summed E-state index contributed by atoms with van der Waals surface area (Å²) in [7, 11) is 0. The van der Waals surface area contributed by atoms with Gasteiger partial charge >= 0.3 is 5.97 Å². The van der Waals surface area contributed by atoms with Crippen molar-refractivity contribution in [1.82, 2.24) is 0 Å². The van der Waals surface area contributed by atoms with Gasteiger partial charge in [-0.05, 0) is 23.8 Å². The van der Waals surface area contributed by atoms with Gasteiger partial charge in [0.2, 0.25) is 0 Å². The van der Waals surface area contributed by atoms with Gasteiger partial charge in [0.25, 0.3) is 0 Å². The Morgan fingerprint density at radius 3 is 2.47 bits per heavy atom. The van der Waals surface area contributed by atoms with Crippen molar-refractivity contribution in [1.29, 1.82) is 0 Å². The number of esters is 1. The topological polar surface area (TPSA) is 26.3 Å². The van der Waals surface area contributed by atoms with Crippen LogP contribution in [0.1, 0.15) is 5.56 Å². The van der Waals surface area contributed by atoms with E-state index in [0.717, 1.165) is 5.56 Å². The van der Waals surface area contributed by atoms with Crippen molar-refractivity contribution in [2.75, 3.05) is 0 Å². The zero-order valence-corrected chi connectivity index (χ0v) is 11.4. The quantitative estimate of drug-likeness (QED) is 0.469. The van der Waals surface area contributed by atoms with E-state index in [-0.39, 0.29) is 10.8 Å². The first-order valence-corrected chi connectivity index (χ1v) is 6.31. The molecule has 2 aromatic rings. The van der Waals surface area contributed by atoms with E-state index in [1.54, 1.807) is 24.3 Å². The van der Waals surface area contributed by atoms with Gasteiger partial charge in [0.05, 0.1) is 5.02 Å². The van der Waals surface area contributed by atoms with Gasteiger partial charge in [-0.15, -0.1) is 0 Å². The van der Waals surface area contributed by atoms with Crippen molar-refractivity contribution in [2.24, 2.45) is 0 Å². The van der Waals surface area contributed by atoms with Gasteiger partial charge in [-0.25, -0.2) is 4.79 Å². The van der Waals surface area contributed by atoms with Crippen LogP contribution in [0.4, 0.5) is 0 Å². The van der Waals surface area contributed by atoms with Crippen LogP contribution in [-0.2, 0) is 4.79 Å². The lowest BCUT2D eigenvalue weighted by molar-refractivity contribution is -0.128. The molecule has 4 heteroatoms. The predicted octanol–water partition coefficient (Wildman–Crippen LogP) is 4.61. The third-order valence-electron chi connectivity index (χ3n) is 2.34. The van der Waals surface area contributed by atoms with Gasteiger partial charge in [0.15, 0.2) is 5.75 Å². The summed E-state index contributed by atoms with van der Waals surface area (Å²) in [6.07, 6.45) is 3.01. The van der Waals surface area contributed by atoms with Gasteiger partial charge in [-0.1, -0.05) is 59.6 Å². The normalized spacial score (nSPS) is 10.6. The molecule has 0 fully saturated rings. The number of rotatable bonds is 3. The molecule has 0 atom stereocenters. The minimum Gasteiger partial charge on any atom is -0.422 e. The van der Waals surface area contributed by atoms with Crippen LogP contribution in [0.2, 0.25) is 10.0 Å². The molecule has 2 nitrogen and oxygen atoms in total. The van der Waals surface area contributed by atoms with E-state index in [4.69, 9.17) is 27.9 Å². The number of hydrogen-bond acceptors (Lipinski definition) is 2. The van der Waals surface area contributed by atoms with Crippen LogP contribution in [0.15, 0.2) is 54.6 Å². The number of benzene rings is 2. The van der Waals surface area contributed by atoms with Crippen molar-refractivity contribution < 1.29 is 9.53 Å². The molecule has 96 valence electrons. The smallest absolute Gasteiger partial charge is 0.336 e. The highest BCUT2D eigenvalue weighted by atomic mass is 35.5. The maximum Gasteiger partial charge on any atom is 0.336 e. The monoisotopic (exact) mass is 292 g/mol. The number of hydrogen-bond donors (Lipinski definition) is 0. The van der Waals surface area contributed by atoms with Crippen LogP contribution in [0.5, 0.6) is 5.75 Å². The summed E-state index contributed by atoms with van der Waals surface area (Å²) < 4.78 is 5.11. The molecule has 0 radical (unpaired) electrons. The Balaban J connectivity index is 2.06. The fourth-order valence-corrected chi connectivity index (χ4v) is 1.76. The molecule has 0 aliphatic carbocycles. The van der Waals surface area contributed by atoms with Crippen molar-refractivity contribution >= 4 is 35.2 Å². The Kier molecular flexibility index (Phi) is 4.61. The highest BCUT2D eigenvalue weighted by molar-refractivity contribution is 6.43. The minimum atomic E-state index is -0.506. The Labute approximate surface area is 121 Å². The highest BCUT2D eigenvalue weighted by Crippen LogP contribution is 2.31. The predicted molar refractivity (Wildman–Crippen MR) is 77.6 cm³/mol. The minimum absolute atomic E-state index is 0.227. The van der Waals surface area contributed by atoms with Gasteiger partial charge < -0.3 is 4.74 Å². The van der Waals surface area contributed by atoms with Crippen LogP contribution in [-0.4, -0.2) is 5.97 Å². The second kappa shape index (κ2) is 6.41. The average Bonchev–Trinajstić information content (AvgIpc) is 2.43. The van der Waals surface area contributed by atoms with E-state index < -0.39 is 5.97 Å². The van der Waals surface area contributed by atoms with Crippen molar-refractivity contribution in [3.63, 3.8) is 0 Å². The summed E-state index contributed by atoms with van der Waals surface area (Å²) in [4.78, 5) is 11.6. The molecule has 0 N–H and O–H groups in total. The summed E-state index contributed by atoms with van der Waals surface area (Å²) in [5, 5.41) is 0.574. The molecule has 0 aromatic heterocycles. The SMILES string of the molecule is O=C(/C=C/c1ccccc1)Oc1cccc(Cl)c1Cl. The summed E-state index contributed by atoms with van der Waals surface area (Å²) in [5.41, 5.74) is 0.914. The highest BCUT2D eigenvalue weighted by Gasteiger charge is 2.08. The zero-order valence-electron chi connectivity index (χ0n) is 9.85. The van der Waals surface area contributed by atoms with Crippen molar-refractivity contribution in [3.8, 4) is 5.75 Å². The second-order valence-electron chi connectivity index (χ2n) is 3.72. The number of halogens is 2. The standard InChI is InChI=1S/C15H10Cl2O2/c16-12-7-4-8-13(15(12)17)19-14(18)10-9-11-5-2-1-3-6-11/h1-10H/b10-9+. The zero-order chi connectivity index (χ0) is 13.7. The van der Waals surface area contributed by atoms with Crippen LogP contribution in [0.3, 0.4) is 0 Å². The van der Waals surface area contributed by atoms with E-state index in [1.165, 1.54) is 6.08 Å². The third kappa shape index (κ3) is 3.85. The lowest BCUT2D eigenvalue weighted by Crippen LogP contribution is -2.04. The molecular weight excluding hydrogens is 283 g/mol. The lowest BCUT2D eigenvalue weighted by atomic mass is 10.2. The van der Waals surface area contributed by atoms with Gasteiger partial charge in [-0.2, -0.15) is 0 Å². The molecule has 0 spiro atoms. The summed E-state index contributed by atoms with van der Waals surface area (Å²) in [6, 6.07) is 14.3. The van der Waals surface area contributed by atoms with Crippen LogP contribution in [0, 0.1) is 0 Å². The third-order valence-corrected chi connectivity index (χ3v) is 3.14. The summed E-state index contributed by atoms with van der Waals surface area (Å²) >= 11 is 11.8. The molecule has 0 saturated heterocycles. The number of ether oxygens (including phenoxy) is 1. The molecule has 2 rings (SSSR count). The fourth-order valence-electron chi connectivity index (χ4n) is 1.43. The summed E-state index contributed by atoms with van der Waals surface area (Å²) in [5.74, 6) is -0.259. The Hall–Kier alpha value is -1.77. The Morgan fingerprint density at radius 1 is 1.00 bits per heavy atom. The molecule has 19 heavy (non-hydrogen) atoms. The Bertz CT molecular complexity index is 607. The summed E-state index contributed by atoms with van der Waals surface area (Å²) in [6.45, 7) is 0. The lowest BCUT2D eigenvalue weighted by Gasteiger charge is -2.04. The second-order valence-corrected chi connectivity index (χ2v) is 4.50. The molecule has 0 saturated carbocycles. The number of carbonyl (C=O) groups is 1. The largest absolute Gasteiger partial charge is 0.422 e. The van der Waals surface area contributed by atoms with Crippen LogP contribution in [0.25, 0.3) is 6.08 Å². The first-order chi connectivity index (χ1) is 9.16. The number of carbonyl (C=O) groups excluding carboxylic acids is 1. The van der Waals surface area contributed by atoms with Gasteiger partial charge in [0.1, 0.15) is 5.02 Å². The Morgan fingerprint density at radius 2 is 1.74 bits per heavy atom. The average molecular weight is 293 g/mol. The molecular formula is C15H10Cl2O2. The van der Waals surface area contributed by atoms with E-state index in [1.807, 2.05) is 30.3 Å². The van der Waals surface area contributed by atoms with Gasteiger partial charge in [-0.3, -0.25) is 0 Å². The first-order valence-electron chi connectivity index (χ1n) is 5.56. The maximum atomic E-state index is 11.6. The van der Waals surface area contributed by atoms with Crippen molar-refractivity contribution in [2.45, 2.75) is 0 Å². The molecule has 2 aromatic carbocycles. The fraction of sp³-hybridized carbons (Fsp3) is 0. The maximum absolute atomic E-state index is 11.6. The van der Waals surface area contributed by atoms with E-state index in [2.05, 4.69) is 0 Å². The van der Waals surface area contributed by atoms with E-state index >= 15 is 0 Å².